The average molecular weight is 479 g/mol. The fraction of sp³-hybridized carbons (Fsp3) is 0.310. The van der Waals surface area contributed by atoms with Crippen molar-refractivity contribution < 1.29 is 23.1 Å². The summed E-state index contributed by atoms with van der Waals surface area (Å²) in [6.45, 7) is 15.8. The van der Waals surface area contributed by atoms with Gasteiger partial charge in [-0.3, -0.25) is 0 Å². The topological polar surface area (TPSA) is 9.23 Å². The molecule has 0 aromatic heterocycles. The zero-order chi connectivity index (χ0) is 23.6. The molecule has 1 nitrogen and oxygen atoms in total. The van der Waals surface area contributed by atoms with Crippen molar-refractivity contribution in [1.29, 1.82) is 0 Å². The van der Waals surface area contributed by atoms with Gasteiger partial charge in [-0.2, -0.15) is 0 Å². The van der Waals surface area contributed by atoms with Gasteiger partial charge in [-0.05, 0) is 31.5 Å². The van der Waals surface area contributed by atoms with Crippen LogP contribution < -0.4 is 4.74 Å². The van der Waals surface area contributed by atoms with Crippen LogP contribution in [0.4, 0.5) is 0 Å². The van der Waals surface area contributed by atoms with Crippen molar-refractivity contribution in [2.45, 2.75) is 54.1 Å². The molecule has 168 valence electrons. The standard InChI is InChI=1S/C18H18O.C9H13.C2H7Si.Ti/c1-15(2)13-17(16-9-5-3-6-10-16)14-19-18-11-7-4-8-12-18;1-9(2,3)8-6-4-5-7-8;1-3-2;/h3-14H,1-2H3;6-7H,4H2,1-3H3;3H,1-2H3;. The van der Waals surface area contributed by atoms with Gasteiger partial charge in [0.25, 0.3) is 0 Å². The van der Waals surface area contributed by atoms with Gasteiger partial charge in [-0.25, -0.2) is 0 Å². The van der Waals surface area contributed by atoms with E-state index in [0.29, 0.717) is 23.8 Å². The van der Waals surface area contributed by atoms with Crippen LogP contribution in [0, 0.1) is 5.41 Å². The summed E-state index contributed by atoms with van der Waals surface area (Å²) in [5.74, 6) is 0.845. The molecule has 0 heterocycles. The number of para-hydroxylation sites is 1. The van der Waals surface area contributed by atoms with Crippen LogP contribution in [0.3, 0.4) is 0 Å². The molecule has 0 amide bonds. The molecule has 3 heteroatoms. The van der Waals surface area contributed by atoms with Crippen molar-refractivity contribution in [2.75, 3.05) is 0 Å². The van der Waals surface area contributed by atoms with E-state index in [1.165, 1.54) is 12.0 Å². The molecule has 1 aliphatic rings. The Labute approximate surface area is 205 Å². The van der Waals surface area contributed by atoms with Crippen molar-refractivity contribution in [2.24, 2.45) is 5.41 Å². The number of allylic oxidation sites excluding steroid dienone is 7. The Morgan fingerprint density at radius 2 is 1.53 bits per heavy atom. The van der Waals surface area contributed by atoms with Gasteiger partial charge < -0.3 is 4.74 Å². The summed E-state index contributed by atoms with van der Waals surface area (Å²) in [6.07, 6.45) is 10.1. The summed E-state index contributed by atoms with van der Waals surface area (Å²) in [7, 11) is 0. The summed E-state index contributed by atoms with van der Waals surface area (Å²) in [5, 5.41) is 0. The minimum atomic E-state index is -0.282. The summed E-state index contributed by atoms with van der Waals surface area (Å²) >= 11 is 0.302. The Morgan fingerprint density at radius 3 is 2.03 bits per heavy atom. The normalized spacial score (nSPS) is 13.6. The van der Waals surface area contributed by atoms with Crippen molar-refractivity contribution in [1.82, 2.24) is 0 Å². The van der Waals surface area contributed by atoms with E-state index >= 15 is 0 Å². The molecule has 0 saturated carbocycles. The molecule has 1 aliphatic carbocycles. The van der Waals surface area contributed by atoms with E-state index in [9.17, 15) is 0 Å². The maximum atomic E-state index is 5.72. The summed E-state index contributed by atoms with van der Waals surface area (Å²) < 4.78 is 7.51. The van der Waals surface area contributed by atoms with Gasteiger partial charge in [-0.1, -0.05) is 60.2 Å². The zero-order valence-electron chi connectivity index (χ0n) is 20.8. The quantitative estimate of drug-likeness (QED) is 0.230. The first-order valence-corrected chi connectivity index (χ1v) is 17.8. The van der Waals surface area contributed by atoms with E-state index in [0.717, 1.165) is 16.9 Å². The van der Waals surface area contributed by atoms with E-state index in [1.54, 1.807) is 15.7 Å². The number of hydrogen-bond donors (Lipinski definition) is 0. The molecule has 3 rings (SSSR count). The first kappa shape index (κ1) is 26.4. The van der Waals surface area contributed by atoms with Crippen molar-refractivity contribution in [3.05, 3.63) is 106 Å². The molecule has 2 aromatic carbocycles. The second-order valence-corrected chi connectivity index (χ2v) is 20.0. The molecule has 32 heavy (non-hydrogen) atoms. The summed E-state index contributed by atoms with van der Waals surface area (Å²) in [5.41, 5.74) is 5.41. The van der Waals surface area contributed by atoms with Gasteiger partial charge in [0.1, 0.15) is 5.75 Å². The van der Waals surface area contributed by atoms with Gasteiger partial charge in [0.2, 0.25) is 0 Å². The number of rotatable bonds is 6. The summed E-state index contributed by atoms with van der Waals surface area (Å²) in [6, 6.07) is 20.0. The van der Waals surface area contributed by atoms with E-state index in [1.807, 2.05) is 48.5 Å². The molecule has 0 fully saturated rings. The van der Waals surface area contributed by atoms with Crippen LogP contribution in [0.5, 0.6) is 5.75 Å². The van der Waals surface area contributed by atoms with Crippen molar-refractivity contribution >= 4 is 12.2 Å². The molecule has 0 bridgehead atoms. The van der Waals surface area contributed by atoms with Gasteiger partial charge >= 0.3 is 92.4 Å². The molecule has 0 unspecified atom stereocenters. The Balaban J connectivity index is 0.000000244. The van der Waals surface area contributed by atoms with Gasteiger partial charge in [0.15, 0.2) is 0 Å². The van der Waals surface area contributed by atoms with Crippen LogP contribution in [-0.2, 0) is 18.4 Å². The molecule has 0 radical (unpaired) electrons. The van der Waals surface area contributed by atoms with Crippen molar-refractivity contribution in [3.8, 4) is 5.75 Å². The Morgan fingerprint density at radius 1 is 0.938 bits per heavy atom. The minimum absolute atomic E-state index is 0.282. The molecule has 0 atom stereocenters. The van der Waals surface area contributed by atoms with Gasteiger partial charge in [-0.15, -0.1) is 0 Å². The monoisotopic (exact) mass is 478 g/mol. The predicted molar refractivity (Wildman–Crippen MR) is 140 cm³/mol. The summed E-state index contributed by atoms with van der Waals surface area (Å²) in [4.78, 5) is 0. The molecule has 0 saturated heterocycles. The molecular weight excluding hydrogens is 440 g/mol. The van der Waals surface area contributed by atoms with Crippen LogP contribution in [0.2, 0.25) is 13.1 Å². The van der Waals surface area contributed by atoms with E-state index in [2.05, 4.69) is 78.1 Å². The fourth-order valence-corrected chi connectivity index (χ4v) is 9.04. The van der Waals surface area contributed by atoms with Crippen LogP contribution in [0.1, 0.15) is 46.6 Å². The Hall–Kier alpha value is -1.87. The second-order valence-electron chi connectivity index (χ2n) is 9.67. The van der Waals surface area contributed by atoms with Crippen LogP contribution in [0.25, 0.3) is 5.57 Å². The van der Waals surface area contributed by atoms with Crippen LogP contribution in [0.15, 0.2) is 100 Å². The SMILES string of the molecule is CC(C)=CC(=COc1ccccc1)c1ccccc1.C[SiH](C)[Ti][C]1=CC(C(C)(C)C)=CC1. The van der Waals surface area contributed by atoms with Crippen LogP contribution >= 0.6 is 0 Å². The third-order valence-corrected chi connectivity index (χ3v) is 10.8. The van der Waals surface area contributed by atoms with Gasteiger partial charge in [0.05, 0.1) is 6.26 Å². The molecule has 0 spiro atoms. The van der Waals surface area contributed by atoms with Gasteiger partial charge in [0, 0.05) is 5.57 Å². The molecule has 0 aliphatic heterocycles. The molecule has 0 N–H and O–H groups in total. The predicted octanol–water partition coefficient (Wildman–Crippen LogP) is 8.39. The zero-order valence-corrected chi connectivity index (χ0v) is 23.5. The number of benzene rings is 2. The maximum absolute atomic E-state index is 5.72. The van der Waals surface area contributed by atoms with E-state index < -0.39 is 0 Å². The third kappa shape index (κ3) is 9.73. The van der Waals surface area contributed by atoms with Crippen LogP contribution in [-0.4, -0.2) is 6.66 Å². The van der Waals surface area contributed by atoms with E-state index in [-0.39, 0.29) is 6.66 Å². The van der Waals surface area contributed by atoms with E-state index in [4.69, 9.17) is 4.74 Å². The first-order valence-electron chi connectivity index (χ1n) is 11.4. The molecule has 2 aromatic rings. The van der Waals surface area contributed by atoms with Crippen molar-refractivity contribution in [3.63, 3.8) is 0 Å². The Bertz CT molecular complexity index is 957. The number of hydrogen-bond acceptors (Lipinski definition) is 1. The Kier molecular flexibility index (Phi) is 10.7. The number of ether oxygens (including phenoxy) is 1. The second kappa shape index (κ2) is 13.0. The fourth-order valence-electron chi connectivity index (χ4n) is 3.28. The third-order valence-electron chi connectivity index (χ3n) is 4.83. The first-order chi connectivity index (χ1) is 15.1. The molecular formula is C29H38OSiTi. The average Bonchev–Trinajstić information content (AvgIpc) is 3.21.